The molecule has 3 heteroatoms. The van der Waals surface area contributed by atoms with Gasteiger partial charge in [0.05, 0.1) is 5.52 Å². The molecule has 1 heterocycles. The van der Waals surface area contributed by atoms with E-state index in [0.29, 0.717) is 0 Å². The average molecular weight is 286 g/mol. The van der Waals surface area contributed by atoms with Crippen molar-refractivity contribution in [1.29, 1.82) is 0 Å². The first-order valence-corrected chi connectivity index (χ1v) is 8.05. The molecule has 21 heavy (non-hydrogen) atoms. The topological polar surface area (TPSA) is 36.1 Å². The smallest absolute Gasteiger partial charge is 0.271 e. The lowest BCUT2D eigenvalue weighted by Gasteiger charge is -2.24. The molecule has 0 atom stereocenters. The molecule has 0 unspecified atom stereocenters. The second-order valence-corrected chi connectivity index (χ2v) is 5.72. The summed E-state index contributed by atoms with van der Waals surface area (Å²) in [6, 6.07) is 8.19. The summed E-state index contributed by atoms with van der Waals surface area (Å²) < 4.78 is 0. The number of hydrogen-bond acceptors (Lipinski definition) is 2. The van der Waals surface area contributed by atoms with Gasteiger partial charge in [0.2, 0.25) is 0 Å². The second kappa shape index (κ2) is 7.30. The van der Waals surface area contributed by atoms with Crippen molar-refractivity contribution in [3.8, 4) is 0 Å². The van der Waals surface area contributed by atoms with E-state index < -0.39 is 0 Å². The normalized spacial score (nSPS) is 11.0. The van der Waals surface area contributed by atoms with Crippen LogP contribution in [0, 0.1) is 6.92 Å². The van der Waals surface area contributed by atoms with Gasteiger partial charge in [-0.25, -0.2) is 0 Å². The number of unbranched alkanes of at least 4 members (excludes halogenated alkanes) is 2. The Morgan fingerprint density at radius 2 is 1.76 bits per heavy atom. The van der Waals surface area contributed by atoms with E-state index in [9.17, 15) is 4.79 Å². The fourth-order valence-electron chi connectivity index (χ4n) is 2.66. The van der Waals surface area contributed by atoms with Gasteiger partial charge in [0.25, 0.3) is 5.56 Å². The van der Waals surface area contributed by atoms with Gasteiger partial charge >= 0.3 is 0 Å². The Kier molecular flexibility index (Phi) is 5.43. The van der Waals surface area contributed by atoms with Gasteiger partial charge in [-0.15, -0.1) is 0 Å². The number of H-pyrrole nitrogens is 1. The van der Waals surface area contributed by atoms with Crippen molar-refractivity contribution in [2.75, 3.05) is 18.0 Å². The maximum atomic E-state index is 12.5. The number of anilines is 1. The van der Waals surface area contributed by atoms with Crippen LogP contribution in [0.15, 0.2) is 29.1 Å². The van der Waals surface area contributed by atoms with Crippen LogP contribution in [0.1, 0.15) is 45.1 Å². The largest absolute Gasteiger partial charge is 0.367 e. The van der Waals surface area contributed by atoms with Gasteiger partial charge in [-0.2, -0.15) is 0 Å². The molecule has 0 aliphatic heterocycles. The van der Waals surface area contributed by atoms with Gasteiger partial charge in [-0.05, 0) is 31.4 Å². The molecule has 0 saturated carbocycles. The van der Waals surface area contributed by atoms with Crippen molar-refractivity contribution in [3.63, 3.8) is 0 Å². The first kappa shape index (κ1) is 15.6. The number of nitrogens with one attached hydrogen (secondary N) is 1. The minimum Gasteiger partial charge on any atom is -0.367 e. The van der Waals surface area contributed by atoms with E-state index in [4.69, 9.17) is 0 Å². The van der Waals surface area contributed by atoms with E-state index in [-0.39, 0.29) is 5.56 Å². The first-order valence-electron chi connectivity index (χ1n) is 8.05. The predicted octanol–water partition coefficient (Wildman–Crippen LogP) is 4.24. The van der Waals surface area contributed by atoms with Crippen LogP contribution in [0.5, 0.6) is 0 Å². The highest BCUT2D eigenvalue weighted by atomic mass is 16.1. The maximum Gasteiger partial charge on any atom is 0.271 e. The molecule has 0 aliphatic carbocycles. The Hall–Kier alpha value is -1.77. The number of fused-ring (bicyclic) bond motifs is 1. The SMILES string of the molecule is CCCCN(CCCC)c1cc2cccc(C)c2[nH]c1=O. The molecule has 3 nitrogen and oxygen atoms in total. The Balaban J connectivity index is 2.41. The molecule has 1 N–H and O–H groups in total. The number of hydrogen-bond donors (Lipinski definition) is 1. The Labute approximate surface area is 127 Å². The molecular weight excluding hydrogens is 260 g/mol. The number of aryl methyl sites for hydroxylation is 1. The van der Waals surface area contributed by atoms with Gasteiger partial charge in [-0.1, -0.05) is 44.9 Å². The number of para-hydroxylation sites is 1. The number of aromatic nitrogens is 1. The van der Waals surface area contributed by atoms with Crippen LogP contribution in [0.2, 0.25) is 0 Å². The van der Waals surface area contributed by atoms with Crippen LogP contribution < -0.4 is 10.5 Å². The van der Waals surface area contributed by atoms with Gasteiger partial charge in [0.15, 0.2) is 0 Å². The van der Waals surface area contributed by atoms with Gasteiger partial charge < -0.3 is 9.88 Å². The molecule has 0 radical (unpaired) electrons. The minimum absolute atomic E-state index is 0.0315. The number of nitrogens with zero attached hydrogens (tertiary/aromatic N) is 1. The van der Waals surface area contributed by atoms with Gasteiger partial charge in [-0.3, -0.25) is 4.79 Å². The zero-order valence-electron chi connectivity index (χ0n) is 13.4. The molecule has 1 aromatic carbocycles. The number of aromatic amines is 1. The molecule has 1 aromatic heterocycles. The lowest BCUT2D eigenvalue weighted by atomic mass is 10.1. The summed E-state index contributed by atoms with van der Waals surface area (Å²) in [5, 5.41) is 1.11. The highest BCUT2D eigenvalue weighted by Gasteiger charge is 2.11. The number of benzene rings is 1. The summed E-state index contributed by atoms with van der Waals surface area (Å²) in [6.45, 7) is 8.32. The van der Waals surface area contributed by atoms with Crippen molar-refractivity contribution < 1.29 is 0 Å². The third-order valence-corrected chi connectivity index (χ3v) is 3.97. The lowest BCUT2D eigenvalue weighted by Crippen LogP contribution is -2.31. The van der Waals surface area contributed by atoms with Crippen molar-refractivity contribution in [1.82, 2.24) is 4.98 Å². The highest BCUT2D eigenvalue weighted by molar-refractivity contribution is 5.84. The standard InChI is InChI=1S/C18H26N2O/c1-4-6-11-20(12-7-5-2)16-13-15-10-8-9-14(3)17(15)19-18(16)21/h8-10,13H,4-7,11-12H2,1-3H3,(H,19,21). The van der Waals surface area contributed by atoms with Crippen LogP contribution in [0.25, 0.3) is 10.9 Å². The fourth-order valence-corrected chi connectivity index (χ4v) is 2.66. The Morgan fingerprint density at radius 3 is 2.38 bits per heavy atom. The summed E-state index contributed by atoms with van der Waals surface area (Å²) in [4.78, 5) is 17.8. The quantitative estimate of drug-likeness (QED) is 0.826. The fraction of sp³-hybridized carbons (Fsp3) is 0.500. The molecule has 0 fully saturated rings. The number of rotatable bonds is 7. The Bertz CT molecular complexity index is 637. The van der Waals surface area contributed by atoms with E-state index in [1.54, 1.807) is 0 Å². The molecule has 2 rings (SSSR count). The van der Waals surface area contributed by atoms with E-state index in [2.05, 4.69) is 29.8 Å². The van der Waals surface area contributed by atoms with Crippen LogP contribution in [0.4, 0.5) is 5.69 Å². The zero-order valence-corrected chi connectivity index (χ0v) is 13.4. The molecule has 2 aromatic rings. The van der Waals surface area contributed by atoms with Crippen molar-refractivity contribution in [2.24, 2.45) is 0 Å². The summed E-state index contributed by atoms with van der Waals surface area (Å²) in [7, 11) is 0. The second-order valence-electron chi connectivity index (χ2n) is 5.72. The third kappa shape index (κ3) is 3.66. The number of pyridine rings is 1. The molecule has 0 spiro atoms. The molecule has 0 saturated heterocycles. The molecule has 0 amide bonds. The molecule has 0 bridgehead atoms. The first-order chi connectivity index (χ1) is 10.2. The van der Waals surface area contributed by atoms with E-state index in [1.807, 2.05) is 25.1 Å². The monoisotopic (exact) mass is 286 g/mol. The summed E-state index contributed by atoms with van der Waals surface area (Å²) in [6.07, 6.45) is 4.53. The van der Waals surface area contributed by atoms with E-state index in [1.165, 1.54) is 0 Å². The lowest BCUT2D eigenvalue weighted by molar-refractivity contribution is 0.675. The predicted molar refractivity (Wildman–Crippen MR) is 91.3 cm³/mol. The van der Waals surface area contributed by atoms with Crippen LogP contribution in [0.3, 0.4) is 0 Å². The maximum absolute atomic E-state index is 12.5. The summed E-state index contributed by atoms with van der Waals surface area (Å²) in [5.41, 5.74) is 2.92. The highest BCUT2D eigenvalue weighted by Crippen LogP contribution is 2.19. The van der Waals surface area contributed by atoms with Crippen LogP contribution >= 0.6 is 0 Å². The molecule has 0 aliphatic rings. The Morgan fingerprint density at radius 1 is 1.10 bits per heavy atom. The van der Waals surface area contributed by atoms with Crippen molar-refractivity contribution in [2.45, 2.75) is 46.5 Å². The van der Waals surface area contributed by atoms with Crippen LogP contribution in [-0.2, 0) is 0 Å². The summed E-state index contributed by atoms with van der Waals surface area (Å²) in [5.74, 6) is 0. The minimum atomic E-state index is 0.0315. The van der Waals surface area contributed by atoms with E-state index >= 15 is 0 Å². The summed E-state index contributed by atoms with van der Waals surface area (Å²) >= 11 is 0. The molecular formula is C18H26N2O. The average Bonchev–Trinajstić information content (AvgIpc) is 2.48. The van der Waals surface area contributed by atoms with Gasteiger partial charge in [0, 0.05) is 18.5 Å². The zero-order chi connectivity index (χ0) is 15.2. The van der Waals surface area contributed by atoms with Crippen LogP contribution in [-0.4, -0.2) is 18.1 Å². The van der Waals surface area contributed by atoms with Gasteiger partial charge in [0.1, 0.15) is 5.69 Å². The van der Waals surface area contributed by atoms with E-state index in [0.717, 1.165) is 60.9 Å². The van der Waals surface area contributed by atoms with Crippen molar-refractivity contribution >= 4 is 16.6 Å². The third-order valence-electron chi connectivity index (χ3n) is 3.97. The van der Waals surface area contributed by atoms with Crippen molar-refractivity contribution in [3.05, 3.63) is 40.2 Å². The molecule has 114 valence electrons.